The molecule has 0 radical (unpaired) electrons. The minimum absolute atomic E-state index is 0.0244. The summed E-state index contributed by atoms with van der Waals surface area (Å²) in [5.74, 6) is -1.42. The second-order valence-corrected chi connectivity index (χ2v) is 11.4. The van der Waals surface area contributed by atoms with E-state index in [1.54, 1.807) is 16.7 Å². The minimum atomic E-state index is -0.624. The fourth-order valence-corrected chi connectivity index (χ4v) is 8.46. The lowest BCUT2D eigenvalue weighted by Crippen LogP contribution is -2.54. The highest BCUT2D eigenvalue weighted by Crippen LogP contribution is 2.66. The van der Waals surface area contributed by atoms with Crippen molar-refractivity contribution >= 4 is 35.2 Å². The van der Waals surface area contributed by atoms with Crippen LogP contribution in [0.3, 0.4) is 0 Å². The molecule has 3 amide bonds. The minimum Gasteiger partial charge on any atom is -0.396 e. The molecular formula is C25H34N4O5S. The topological polar surface area (TPSA) is 111 Å². The Morgan fingerprint density at radius 1 is 1.14 bits per heavy atom. The number of hydrogen-bond donors (Lipinski definition) is 3. The molecule has 2 unspecified atom stereocenters. The van der Waals surface area contributed by atoms with E-state index in [0.29, 0.717) is 38.4 Å². The van der Waals surface area contributed by atoms with Gasteiger partial charge in [0, 0.05) is 50.3 Å². The van der Waals surface area contributed by atoms with E-state index in [-0.39, 0.29) is 29.6 Å². The van der Waals surface area contributed by atoms with Crippen molar-refractivity contribution < 1.29 is 24.2 Å². The van der Waals surface area contributed by atoms with Crippen LogP contribution in [-0.2, 0) is 19.1 Å². The van der Waals surface area contributed by atoms with Crippen LogP contribution in [0.1, 0.15) is 19.3 Å². The maximum Gasteiger partial charge on any atom is 0.244 e. The van der Waals surface area contributed by atoms with Gasteiger partial charge < -0.3 is 25.4 Å². The van der Waals surface area contributed by atoms with Crippen LogP contribution in [0.4, 0.5) is 5.69 Å². The SMILES string of the molecule is O=C(NCCN1CCOCC1)C1N(CCCO)C(=O)[C@@H]2[C@H](C(=O)Nc3ccccc3)[C@@H]3CCC12S3. The number of aliphatic hydroxyl groups is 1. The molecule has 4 fully saturated rings. The number of nitrogens with zero attached hydrogens (tertiary/aromatic N) is 2. The third kappa shape index (κ3) is 4.57. The van der Waals surface area contributed by atoms with E-state index in [2.05, 4.69) is 15.5 Å². The van der Waals surface area contributed by atoms with E-state index in [1.165, 1.54) is 0 Å². The predicted octanol–water partition coefficient (Wildman–Crippen LogP) is 0.547. The van der Waals surface area contributed by atoms with Gasteiger partial charge in [-0.25, -0.2) is 0 Å². The third-order valence-electron chi connectivity index (χ3n) is 7.78. The van der Waals surface area contributed by atoms with Gasteiger partial charge in [0.15, 0.2) is 0 Å². The van der Waals surface area contributed by atoms with Crippen molar-refractivity contribution in [3.8, 4) is 0 Å². The van der Waals surface area contributed by atoms with Crippen LogP contribution in [0.2, 0.25) is 0 Å². The van der Waals surface area contributed by atoms with Crippen molar-refractivity contribution in [2.75, 3.05) is 57.9 Å². The average molecular weight is 503 g/mol. The number of anilines is 1. The molecule has 3 N–H and O–H groups in total. The van der Waals surface area contributed by atoms with Crippen LogP contribution < -0.4 is 10.6 Å². The highest BCUT2D eigenvalue weighted by molar-refractivity contribution is 8.02. The second kappa shape index (κ2) is 10.5. The fraction of sp³-hybridized carbons (Fsp3) is 0.640. The van der Waals surface area contributed by atoms with Gasteiger partial charge in [0.05, 0.1) is 29.8 Å². The molecule has 0 aliphatic carbocycles. The van der Waals surface area contributed by atoms with E-state index in [4.69, 9.17) is 4.74 Å². The molecule has 190 valence electrons. The normalized spacial score (nSPS) is 32.0. The van der Waals surface area contributed by atoms with Crippen LogP contribution in [0.25, 0.3) is 0 Å². The van der Waals surface area contributed by atoms with E-state index < -0.39 is 22.6 Å². The van der Waals surface area contributed by atoms with Crippen molar-refractivity contribution in [3.05, 3.63) is 30.3 Å². The van der Waals surface area contributed by atoms with Gasteiger partial charge >= 0.3 is 0 Å². The number of ether oxygens (including phenoxy) is 1. The highest BCUT2D eigenvalue weighted by Gasteiger charge is 2.73. The summed E-state index contributed by atoms with van der Waals surface area (Å²) >= 11 is 1.66. The lowest BCUT2D eigenvalue weighted by molar-refractivity contribution is -0.139. The first-order valence-corrected chi connectivity index (χ1v) is 13.5. The molecule has 2 bridgehead atoms. The zero-order chi connectivity index (χ0) is 24.4. The summed E-state index contributed by atoms with van der Waals surface area (Å²) in [5, 5.41) is 15.5. The van der Waals surface area contributed by atoms with E-state index >= 15 is 0 Å². The Balaban J connectivity index is 1.33. The summed E-state index contributed by atoms with van der Waals surface area (Å²) in [6.45, 7) is 4.60. The number of para-hydroxylation sites is 1. The van der Waals surface area contributed by atoms with Crippen LogP contribution in [-0.4, -0.2) is 101 Å². The smallest absolute Gasteiger partial charge is 0.244 e. The Morgan fingerprint density at radius 2 is 1.91 bits per heavy atom. The molecule has 4 aliphatic rings. The lowest BCUT2D eigenvalue weighted by Gasteiger charge is -2.34. The first kappa shape index (κ1) is 24.5. The predicted molar refractivity (Wildman–Crippen MR) is 133 cm³/mol. The van der Waals surface area contributed by atoms with E-state index in [9.17, 15) is 19.5 Å². The van der Waals surface area contributed by atoms with Crippen molar-refractivity contribution in [1.29, 1.82) is 0 Å². The Labute approximate surface area is 209 Å². The van der Waals surface area contributed by atoms with Crippen molar-refractivity contribution in [3.63, 3.8) is 0 Å². The Hall–Kier alpha value is -2.14. The van der Waals surface area contributed by atoms with Crippen molar-refractivity contribution in [2.45, 2.75) is 35.3 Å². The summed E-state index contributed by atoms with van der Waals surface area (Å²) in [7, 11) is 0. The number of hydrogen-bond acceptors (Lipinski definition) is 7. The van der Waals surface area contributed by atoms with E-state index in [1.807, 2.05) is 30.3 Å². The molecule has 4 saturated heterocycles. The van der Waals surface area contributed by atoms with Crippen LogP contribution in [0, 0.1) is 11.8 Å². The zero-order valence-electron chi connectivity index (χ0n) is 19.9. The summed E-state index contributed by atoms with van der Waals surface area (Å²) in [5.41, 5.74) is 0.708. The van der Waals surface area contributed by atoms with Crippen LogP contribution in [0.15, 0.2) is 30.3 Å². The highest BCUT2D eigenvalue weighted by atomic mass is 32.2. The van der Waals surface area contributed by atoms with Crippen molar-refractivity contribution in [2.24, 2.45) is 11.8 Å². The molecule has 0 saturated carbocycles. The molecule has 5 rings (SSSR count). The molecule has 10 heteroatoms. The Bertz CT molecular complexity index is 943. The molecule has 5 atom stereocenters. The molecule has 1 spiro atoms. The fourth-order valence-electron chi connectivity index (χ4n) is 6.24. The largest absolute Gasteiger partial charge is 0.396 e. The van der Waals surface area contributed by atoms with Gasteiger partial charge in [-0.15, -0.1) is 11.8 Å². The number of thioether (sulfide) groups is 1. The molecule has 4 aliphatic heterocycles. The summed E-state index contributed by atoms with van der Waals surface area (Å²) < 4.78 is 4.79. The van der Waals surface area contributed by atoms with Gasteiger partial charge in [-0.1, -0.05) is 18.2 Å². The quantitative estimate of drug-likeness (QED) is 0.452. The third-order valence-corrected chi connectivity index (χ3v) is 9.73. The number of nitrogens with one attached hydrogen (secondary N) is 2. The van der Waals surface area contributed by atoms with Crippen LogP contribution >= 0.6 is 11.8 Å². The first-order valence-electron chi connectivity index (χ1n) is 12.6. The standard InChI is InChI=1S/C25H34N4O5S/c30-14-4-10-29-21(23(32)26-9-11-28-12-15-34-16-13-28)25-8-7-18(35-25)19(20(25)24(29)33)22(31)27-17-5-2-1-3-6-17/h1-3,5-6,18-21,30H,4,7-16H2,(H,26,32)(H,27,31)/t18-,19+,20-,21?,25?/m0/s1. The summed E-state index contributed by atoms with van der Waals surface area (Å²) in [4.78, 5) is 44.6. The van der Waals surface area contributed by atoms with Gasteiger partial charge in [-0.3, -0.25) is 19.3 Å². The van der Waals surface area contributed by atoms with Gasteiger partial charge in [-0.2, -0.15) is 0 Å². The molecule has 1 aromatic rings. The van der Waals surface area contributed by atoms with Gasteiger partial charge in [0.25, 0.3) is 0 Å². The number of aliphatic hydroxyl groups excluding tert-OH is 1. The summed E-state index contributed by atoms with van der Waals surface area (Å²) in [6, 6.07) is 8.66. The molecule has 35 heavy (non-hydrogen) atoms. The number of likely N-dealkylation sites (tertiary alicyclic amines) is 1. The molecule has 1 aromatic carbocycles. The number of carbonyl (C=O) groups is 3. The average Bonchev–Trinajstić information content (AvgIpc) is 3.51. The number of carbonyl (C=O) groups excluding carboxylic acids is 3. The number of morpholine rings is 1. The van der Waals surface area contributed by atoms with E-state index in [0.717, 1.165) is 32.5 Å². The van der Waals surface area contributed by atoms with Gasteiger partial charge in [-0.05, 0) is 31.4 Å². The van der Waals surface area contributed by atoms with Crippen molar-refractivity contribution in [1.82, 2.24) is 15.1 Å². The van der Waals surface area contributed by atoms with Gasteiger partial charge in [0.1, 0.15) is 6.04 Å². The molecule has 0 aromatic heterocycles. The molecular weight excluding hydrogens is 468 g/mol. The number of fused-ring (bicyclic) bond motifs is 1. The second-order valence-electron chi connectivity index (χ2n) is 9.77. The zero-order valence-corrected chi connectivity index (χ0v) is 20.7. The maximum absolute atomic E-state index is 13.7. The molecule has 4 heterocycles. The Morgan fingerprint density at radius 3 is 2.66 bits per heavy atom. The van der Waals surface area contributed by atoms with Crippen LogP contribution in [0.5, 0.6) is 0 Å². The number of benzene rings is 1. The maximum atomic E-state index is 13.7. The monoisotopic (exact) mass is 502 g/mol. The first-order chi connectivity index (χ1) is 17.0. The lowest BCUT2D eigenvalue weighted by atomic mass is 9.70. The Kier molecular flexibility index (Phi) is 7.34. The number of amides is 3. The summed E-state index contributed by atoms with van der Waals surface area (Å²) in [6.07, 6.45) is 1.96. The molecule has 9 nitrogen and oxygen atoms in total. The van der Waals surface area contributed by atoms with Gasteiger partial charge in [0.2, 0.25) is 17.7 Å². The number of rotatable bonds is 9.